The normalized spacial score (nSPS) is 16.1. The van der Waals surface area contributed by atoms with E-state index < -0.39 is 0 Å². The number of hydrogen-bond acceptors (Lipinski definition) is 5. The minimum atomic E-state index is -0.162. The van der Waals surface area contributed by atoms with Gasteiger partial charge in [-0.15, -0.1) is 0 Å². The molecule has 0 bridgehead atoms. The lowest BCUT2D eigenvalue weighted by Crippen LogP contribution is -2.44. The Morgan fingerprint density at radius 2 is 1.97 bits per heavy atom. The first kappa shape index (κ1) is 21.4. The van der Waals surface area contributed by atoms with E-state index in [0.717, 1.165) is 22.4 Å². The number of amides is 1. The van der Waals surface area contributed by atoms with Gasteiger partial charge in [-0.3, -0.25) is 19.2 Å². The van der Waals surface area contributed by atoms with E-state index in [0.29, 0.717) is 49.5 Å². The van der Waals surface area contributed by atoms with Crippen molar-refractivity contribution in [2.75, 3.05) is 29.4 Å². The van der Waals surface area contributed by atoms with Crippen LogP contribution in [0.3, 0.4) is 0 Å². The van der Waals surface area contributed by atoms with Crippen molar-refractivity contribution in [2.24, 2.45) is 0 Å². The number of anilines is 2. The SMILES string of the molecule is Cc1ccc2c(c1)CCN2C(=O)c1cc[n+]([O-])c(N2CCC(n3c(=O)[nH]c4ncccc43)CC2)c1. The van der Waals surface area contributed by atoms with Crippen LogP contribution in [0.15, 0.2) is 59.7 Å². The maximum atomic E-state index is 13.4. The van der Waals surface area contributed by atoms with Gasteiger partial charge in [-0.1, -0.05) is 17.7 Å². The lowest BCUT2D eigenvalue weighted by Gasteiger charge is -2.30. The summed E-state index contributed by atoms with van der Waals surface area (Å²) in [7, 11) is 0. The highest BCUT2D eigenvalue weighted by Gasteiger charge is 2.31. The molecule has 1 aromatic carbocycles. The van der Waals surface area contributed by atoms with E-state index in [9.17, 15) is 14.8 Å². The molecule has 5 heterocycles. The molecule has 3 aromatic heterocycles. The quantitative estimate of drug-likeness (QED) is 0.367. The summed E-state index contributed by atoms with van der Waals surface area (Å²) in [6, 6.07) is 13.2. The second-order valence-electron chi connectivity index (χ2n) is 9.33. The van der Waals surface area contributed by atoms with Crippen molar-refractivity contribution in [1.82, 2.24) is 14.5 Å². The van der Waals surface area contributed by atoms with E-state index in [1.54, 1.807) is 27.8 Å². The van der Waals surface area contributed by atoms with Crippen LogP contribution in [0.2, 0.25) is 0 Å². The molecule has 1 fully saturated rings. The van der Waals surface area contributed by atoms with E-state index in [1.165, 1.54) is 17.3 Å². The van der Waals surface area contributed by atoms with Crippen molar-refractivity contribution in [2.45, 2.75) is 32.2 Å². The molecule has 0 saturated carbocycles. The highest BCUT2D eigenvalue weighted by molar-refractivity contribution is 6.07. The molecule has 1 N–H and O–H groups in total. The summed E-state index contributed by atoms with van der Waals surface area (Å²) in [5.41, 5.74) is 5.03. The number of piperidine rings is 1. The fourth-order valence-corrected chi connectivity index (χ4v) is 5.41. The van der Waals surface area contributed by atoms with Gasteiger partial charge in [-0.25, -0.2) is 14.5 Å². The van der Waals surface area contributed by atoms with Gasteiger partial charge in [0.2, 0.25) is 0 Å². The number of nitrogens with one attached hydrogen (secondary N) is 1. The number of hydrogen-bond donors (Lipinski definition) is 1. The molecule has 0 spiro atoms. The number of imidazole rings is 1. The zero-order valence-corrected chi connectivity index (χ0v) is 19.5. The van der Waals surface area contributed by atoms with Crippen LogP contribution in [0.1, 0.15) is 40.4 Å². The maximum Gasteiger partial charge on any atom is 0.327 e. The molecule has 0 unspecified atom stereocenters. The van der Waals surface area contributed by atoms with Crippen molar-refractivity contribution < 1.29 is 9.52 Å². The molecule has 9 heteroatoms. The first-order valence-electron chi connectivity index (χ1n) is 11.9. The molecule has 4 aromatic rings. The first-order valence-corrected chi connectivity index (χ1v) is 11.9. The molecular formula is C26H26N6O3. The number of pyridine rings is 2. The highest BCUT2D eigenvalue weighted by Crippen LogP contribution is 2.31. The monoisotopic (exact) mass is 470 g/mol. The predicted octanol–water partition coefficient (Wildman–Crippen LogP) is 2.71. The Bertz CT molecular complexity index is 1500. The third-order valence-corrected chi connectivity index (χ3v) is 7.17. The Morgan fingerprint density at radius 1 is 1.14 bits per heavy atom. The Labute approximate surface area is 201 Å². The van der Waals surface area contributed by atoms with Crippen molar-refractivity contribution in [3.63, 3.8) is 0 Å². The van der Waals surface area contributed by atoms with Gasteiger partial charge in [0.25, 0.3) is 11.7 Å². The Morgan fingerprint density at radius 3 is 2.80 bits per heavy atom. The molecule has 1 amide bonds. The minimum Gasteiger partial charge on any atom is -0.711 e. The van der Waals surface area contributed by atoms with Crippen LogP contribution in [-0.4, -0.2) is 40.1 Å². The third kappa shape index (κ3) is 3.63. The Balaban J connectivity index is 1.22. The summed E-state index contributed by atoms with van der Waals surface area (Å²) in [6.07, 6.45) is 5.32. The van der Waals surface area contributed by atoms with Crippen LogP contribution in [0, 0.1) is 12.1 Å². The minimum absolute atomic E-state index is 0.0196. The molecule has 9 nitrogen and oxygen atoms in total. The van der Waals surface area contributed by atoms with Gasteiger partial charge < -0.3 is 10.1 Å². The largest absolute Gasteiger partial charge is 0.711 e. The average molecular weight is 471 g/mol. The number of aryl methyl sites for hydroxylation is 1. The molecule has 0 aliphatic carbocycles. The van der Waals surface area contributed by atoms with Crippen molar-refractivity contribution in [3.05, 3.63) is 87.2 Å². The summed E-state index contributed by atoms with van der Waals surface area (Å²) in [6.45, 7) is 3.90. The topological polar surface area (TPSA) is 101 Å². The van der Waals surface area contributed by atoms with E-state index in [-0.39, 0.29) is 17.6 Å². The smallest absolute Gasteiger partial charge is 0.327 e. The molecule has 1 saturated heterocycles. The number of aromatic nitrogens is 4. The predicted molar refractivity (Wildman–Crippen MR) is 133 cm³/mol. The van der Waals surface area contributed by atoms with Crippen LogP contribution < -0.4 is 20.2 Å². The summed E-state index contributed by atoms with van der Waals surface area (Å²) in [5.74, 6) is 0.368. The van der Waals surface area contributed by atoms with Crippen LogP contribution >= 0.6 is 0 Å². The maximum absolute atomic E-state index is 13.4. The molecule has 0 radical (unpaired) electrons. The molecule has 2 aliphatic heterocycles. The number of aromatic amines is 1. The van der Waals surface area contributed by atoms with Crippen LogP contribution in [0.4, 0.5) is 11.5 Å². The first-order chi connectivity index (χ1) is 17.0. The summed E-state index contributed by atoms with van der Waals surface area (Å²) in [4.78, 5) is 36.8. The van der Waals surface area contributed by atoms with E-state index in [2.05, 4.69) is 23.0 Å². The number of benzene rings is 1. The standard InChI is InChI=1S/C26H26N6O3/c1-17-4-5-21-18(15-17)6-13-30(21)25(33)19-7-14-31(35)23(16-19)29-11-8-20(9-12-29)32-22-3-2-10-27-24(22)28-26(32)34/h2-5,7,10,14-16,20H,6,8-9,11-13H2,1H3,(H,27,28,34). The van der Waals surface area contributed by atoms with Gasteiger partial charge in [0.05, 0.1) is 30.4 Å². The third-order valence-electron chi connectivity index (χ3n) is 7.17. The highest BCUT2D eigenvalue weighted by atomic mass is 16.5. The average Bonchev–Trinajstić information content (AvgIpc) is 3.43. The van der Waals surface area contributed by atoms with Gasteiger partial charge >= 0.3 is 5.69 Å². The van der Waals surface area contributed by atoms with Crippen molar-refractivity contribution in [1.29, 1.82) is 0 Å². The number of carbonyl (C=O) groups is 1. The second kappa shape index (κ2) is 8.26. The second-order valence-corrected chi connectivity index (χ2v) is 9.33. The number of rotatable bonds is 3. The van der Waals surface area contributed by atoms with Gasteiger partial charge in [0.15, 0.2) is 5.65 Å². The fourth-order valence-electron chi connectivity index (χ4n) is 5.41. The van der Waals surface area contributed by atoms with Crippen molar-refractivity contribution >= 4 is 28.6 Å². The van der Waals surface area contributed by atoms with Crippen LogP contribution in [0.25, 0.3) is 11.2 Å². The zero-order valence-electron chi connectivity index (χ0n) is 19.5. The Kier molecular flexibility index (Phi) is 5.05. The Hall–Kier alpha value is -4.14. The van der Waals surface area contributed by atoms with Gasteiger partial charge in [0, 0.05) is 43.4 Å². The van der Waals surface area contributed by atoms with Gasteiger partial charge in [0.1, 0.15) is 0 Å². The summed E-state index contributed by atoms with van der Waals surface area (Å²) >= 11 is 0. The molecule has 178 valence electrons. The van der Waals surface area contributed by atoms with Crippen LogP contribution in [-0.2, 0) is 6.42 Å². The fraction of sp³-hybridized carbons (Fsp3) is 0.308. The van der Waals surface area contributed by atoms with E-state index in [4.69, 9.17) is 0 Å². The van der Waals surface area contributed by atoms with Gasteiger partial charge in [-0.05, 0) is 43.2 Å². The van der Waals surface area contributed by atoms with E-state index in [1.807, 2.05) is 29.2 Å². The number of H-pyrrole nitrogens is 1. The molecule has 0 atom stereocenters. The lowest BCUT2D eigenvalue weighted by molar-refractivity contribution is -0.592. The van der Waals surface area contributed by atoms with Gasteiger partial charge in [-0.2, -0.15) is 0 Å². The summed E-state index contributed by atoms with van der Waals surface area (Å²) < 4.78 is 2.59. The molecule has 6 rings (SSSR count). The number of nitrogens with zero attached hydrogens (tertiary/aromatic N) is 5. The lowest BCUT2D eigenvalue weighted by atomic mass is 10.0. The number of carbonyl (C=O) groups excluding carboxylic acids is 1. The zero-order chi connectivity index (χ0) is 24.1. The molecular weight excluding hydrogens is 444 g/mol. The van der Waals surface area contributed by atoms with E-state index >= 15 is 0 Å². The van der Waals surface area contributed by atoms with Crippen LogP contribution in [0.5, 0.6) is 0 Å². The number of fused-ring (bicyclic) bond motifs is 2. The van der Waals surface area contributed by atoms with Crippen molar-refractivity contribution in [3.8, 4) is 0 Å². The molecule has 35 heavy (non-hydrogen) atoms. The molecule has 2 aliphatic rings. The summed E-state index contributed by atoms with van der Waals surface area (Å²) in [5, 5.41) is 12.7.